The fourth-order valence-electron chi connectivity index (χ4n) is 1.54. The van der Waals surface area contributed by atoms with Gasteiger partial charge in [-0.05, 0) is 13.8 Å². The molecule has 1 aliphatic heterocycles. The van der Waals surface area contributed by atoms with Crippen LogP contribution in [0.25, 0.3) is 0 Å². The van der Waals surface area contributed by atoms with Crippen LogP contribution < -0.4 is 11.1 Å². The Hall–Kier alpha value is -0.810. The summed E-state index contributed by atoms with van der Waals surface area (Å²) in [5.41, 5.74) is 9.26. The molecule has 1 aromatic heterocycles. The molecule has 1 atom stereocenters. The summed E-state index contributed by atoms with van der Waals surface area (Å²) in [5, 5.41) is 3.16. The second-order valence-corrected chi connectivity index (χ2v) is 4.89. The van der Waals surface area contributed by atoms with E-state index >= 15 is 0 Å². The zero-order valence-corrected chi connectivity index (χ0v) is 9.90. The van der Waals surface area contributed by atoms with Crippen molar-refractivity contribution in [3.05, 3.63) is 17.0 Å². The minimum absolute atomic E-state index is 0.122. The molecule has 0 radical (unpaired) electrons. The van der Waals surface area contributed by atoms with Crippen molar-refractivity contribution in [3.63, 3.8) is 0 Å². The summed E-state index contributed by atoms with van der Waals surface area (Å²) < 4.78 is 0. The molecule has 0 spiro atoms. The van der Waals surface area contributed by atoms with E-state index in [1.165, 1.54) is 11.3 Å². The Morgan fingerprint density at radius 3 is 3.00 bits per heavy atom. The third-order valence-electron chi connectivity index (χ3n) is 2.37. The Morgan fingerprint density at radius 1 is 1.47 bits per heavy atom. The summed E-state index contributed by atoms with van der Waals surface area (Å²) in [4.78, 5) is 8.91. The third kappa shape index (κ3) is 2.41. The van der Waals surface area contributed by atoms with Gasteiger partial charge in [0.05, 0.1) is 5.69 Å². The number of nitrogens with one attached hydrogen (secondary N) is 1. The van der Waals surface area contributed by atoms with E-state index in [0.29, 0.717) is 12.5 Å². The minimum Gasteiger partial charge on any atom is -0.353 e. The van der Waals surface area contributed by atoms with Crippen molar-refractivity contribution in [2.75, 3.05) is 11.9 Å². The first-order chi connectivity index (χ1) is 7.16. The molecule has 0 saturated heterocycles. The van der Waals surface area contributed by atoms with Crippen molar-refractivity contribution in [2.45, 2.75) is 31.4 Å². The van der Waals surface area contributed by atoms with Gasteiger partial charge in [0.25, 0.3) is 0 Å². The molecular formula is C10H16N4S. The van der Waals surface area contributed by atoms with Crippen LogP contribution in [0.1, 0.15) is 23.9 Å². The van der Waals surface area contributed by atoms with Crippen molar-refractivity contribution in [1.29, 1.82) is 0 Å². The van der Waals surface area contributed by atoms with Crippen molar-refractivity contribution in [3.8, 4) is 0 Å². The molecule has 82 valence electrons. The van der Waals surface area contributed by atoms with E-state index in [9.17, 15) is 0 Å². The van der Waals surface area contributed by atoms with E-state index in [2.05, 4.69) is 15.3 Å². The van der Waals surface area contributed by atoms with Crippen LogP contribution >= 0.6 is 11.8 Å². The average molecular weight is 224 g/mol. The summed E-state index contributed by atoms with van der Waals surface area (Å²) in [6.45, 7) is 4.72. The Balaban J connectivity index is 2.16. The average Bonchev–Trinajstić information content (AvgIpc) is 2.63. The molecule has 2 rings (SSSR count). The van der Waals surface area contributed by atoms with Crippen LogP contribution in [0, 0.1) is 6.92 Å². The molecule has 1 aromatic rings. The fourth-order valence-corrected chi connectivity index (χ4v) is 2.66. The maximum Gasteiger partial charge on any atom is 0.223 e. The summed E-state index contributed by atoms with van der Waals surface area (Å²) in [6, 6.07) is 0.122. The second-order valence-electron chi connectivity index (χ2n) is 3.91. The molecule has 15 heavy (non-hydrogen) atoms. The predicted molar refractivity (Wildman–Crippen MR) is 63.9 cm³/mol. The Bertz CT molecular complexity index is 365. The van der Waals surface area contributed by atoms with Gasteiger partial charge in [0.15, 0.2) is 0 Å². The number of hydrogen-bond donors (Lipinski definition) is 2. The number of rotatable bonds is 3. The highest BCUT2D eigenvalue weighted by Crippen LogP contribution is 2.30. The van der Waals surface area contributed by atoms with Crippen LogP contribution in [0.3, 0.4) is 0 Å². The van der Waals surface area contributed by atoms with Gasteiger partial charge in [-0.1, -0.05) is 0 Å². The lowest BCUT2D eigenvalue weighted by molar-refractivity contribution is 0.771. The molecule has 3 N–H and O–H groups in total. The van der Waals surface area contributed by atoms with Crippen LogP contribution in [0.2, 0.25) is 0 Å². The normalized spacial score (nSPS) is 16.2. The SMILES string of the molecule is Cc1nc(NCC(C)N)nc2c1CSC2. The molecule has 0 fully saturated rings. The maximum atomic E-state index is 5.67. The van der Waals surface area contributed by atoms with Gasteiger partial charge in [-0.15, -0.1) is 0 Å². The van der Waals surface area contributed by atoms with Gasteiger partial charge >= 0.3 is 0 Å². The Kier molecular flexibility index (Phi) is 3.11. The number of anilines is 1. The molecule has 4 nitrogen and oxygen atoms in total. The first kappa shape index (κ1) is 10.7. The molecule has 1 aliphatic rings. The lowest BCUT2D eigenvalue weighted by Crippen LogP contribution is -2.26. The lowest BCUT2D eigenvalue weighted by atomic mass is 10.2. The second kappa shape index (κ2) is 4.37. The van der Waals surface area contributed by atoms with Gasteiger partial charge in [-0.25, -0.2) is 9.97 Å². The Morgan fingerprint density at radius 2 is 2.27 bits per heavy atom. The van der Waals surface area contributed by atoms with Crippen molar-refractivity contribution in [1.82, 2.24) is 9.97 Å². The van der Waals surface area contributed by atoms with Crippen LogP contribution in [-0.4, -0.2) is 22.6 Å². The molecule has 2 heterocycles. The summed E-state index contributed by atoms with van der Waals surface area (Å²) in [6.07, 6.45) is 0. The third-order valence-corrected chi connectivity index (χ3v) is 3.34. The predicted octanol–water partition coefficient (Wildman–Crippen LogP) is 1.29. The van der Waals surface area contributed by atoms with Crippen LogP contribution in [0.15, 0.2) is 0 Å². The van der Waals surface area contributed by atoms with Crippen LogP contribution in [-0.2, 0) is 11.5 Å². The highest BCUT2D eigenvalue weighted by molar-refractivity contribution is 7.98. The van der Waals surface area contributed by atoms with Crippen molar-refractivity contribution in [2.24, 2.45) is 5.73 Å². The summed E-state index contributed by atoms with van der Waals surface area (Å²) >= 11 is 1.90. The molecule has 5 heteroatoms. The van der Waals surface area contributed by atoms with Gasteiger partial charge in [0.2, 0.25) is 5.95 Å². The molecule has 1 unspecified atom stereocenters. The lowest BCUT2D eigenvalue weighted by Gasteiger charge is -2.10. The topological polar surface area (TPSA) is 63.8 Å². The smallest absolute Gasteiger partial charge is 0.223 e. The number of aromatic nitrogens is 2. The molecule has 0 aliphatic carbocycles. The van der Waals surface area contributed by atoms with Gasteiger partial charge in [-0.2, -0.15) is 11.8 Å². The van der Waals surface area contributed by atoms with E-state index < -0.39 is 0 Å². The largest absolute Gasteiger partial charge is 0.353 e. The quantitative estimate of drug-likeness (QED) is 0.810. The van der Waals surface area contributed by atoms with Crippen LogP contribution in [0.4, 0.5) is 5.95 Å². The van der Waals surface area contributed by atoms with E-state index in [0.717, 1.165) is 17.2 Å². The molecule has 0 saturated carbocycles. The van der Waals surface area contributed by atoms with E-state index in [1.807, 2.05) is 25.6 Å². The van der Waals surface area contributed by atoms with Gasteiger partial charge in [0.1, 0.15) is 0 Å². The number of aryl methyl sites for hydroxylation is 1. The molecular weight excluding hydrogens is 208 g/mol. The highest BCUT2D eigenvalue weighted by atomic mass is 32.2. The van der Waals surface area contributed by atoms with Gasteiger partial charge in [-0.3, -0.25) is 0 Å². The zero-order chi connectivity index (χ0) is 10.8. The van der Waals surface area contributed by atoms with E-state index in [4.69, 9.17) is 5.73 Å². The first-order valence-corrected chi connectivity index (χ1v) is 6.26. The van der Waals surface area contributed by atoms with Gasteiger partial charge in [0, 0.05) is 35.3 Å². The standard InChI is InChI=1S/C10H16N4S/c1-6(11)3-12-10-13-7(2)8-4-15-5-9(8)14-10/h6H,3-5,11H2,1-2H3,(H,12,13,14). The number of nitrogens with zero attached hydrogens (tertiary/aromatic N) is 2. The number of hydrogen-bond acceptors (Lipinski definition) is 5. The number of fused-ring (bicyclic) bond motifs is 1. The van der Waals surface area contributed by atoms with E-state index in [1.54, 1.807) is 0 Å². The molecule has 0 amide bonds. The molecule has 0 aromatic carbocycles. The molecule has 0 bridgehead atoms. The highest BCUT2D eigenvalue weighted by Gasteiger charge is 2.17. The van der Waals surface area contributed by atoms with Gasteiger partial charge < -0.3 is 11.1 Å². The summed E-state index contributed by atoms with van der Waals surface area (Å²) in [7, 11) is 0. The Labute approximate surface area is 94.1 Å². The minimum atomic E-state index is 0.122. The fraction of sp³-hybridized carbons (Fsp3) is 0.600. The van der Waals surface area contributed by atoms with Crippen LogP contribution in [0.5, 0.6) is 0 Å². The zero-order valence-electron chi connectivity index (χ0n) is 9.08. The van der Waals surface area contributed by atoms with E-state index in [-0.39, 0.29) is 6.04 Å². The van der Waals surface area contributed by atoms with Crippen molar-refractivity contribution < 1.29 is 0 Å². The first-order valence-electron chi connectivity index (χ1n) is 5.10. The maximum absolute atomic E-state index is 5.67. The summed E-state index contributed by atoms with van der Waals surface area (Å²) in [5.74, 6) is 2.77. The number of thioether (sulfide) groups is 1. The number of nitrogens with two attached hydrogens (primary N) is 1. The van der Waals surface area contributed by atoms with Crippen molar-refractivity contribution >= 4 is 17.7 Å². The monoisotopic (exact) mass is 224 g/mol.